The summed E-state index contributed by atoms with van der Waals surface area (Å²) in [6.07, 6.45) is 6.12. The van der Waals surface area contributed by atoms with Gasteiger partial charge in [0, 0.05) is 13.0 Å². The average molecular weight is 284 g/mol. The van der Waals surface area contributed by atoms with Crippen molar-refractivity contribution in [2.24, 2.45) is 0 Å². The molecule has 0 heterocycles. The molecule has 0 aliphatic carbocycles. The summed E-state index contributed by atoms with van der Waals surface area (Å²) in [4.78, 5) is 22.1. The van der Waals surface area contributed by atoms with Crippen LogP contribution in [0.5, 0.6) is 0 Å². The van der Waals surface area contributed by atoms with Gasteiger partial charge in [-0.15, -0.1) is 6.42 Å². The van der Waals surface area contributed by atoms with E-state index < -0.39 is 5.60 Å². The number of esters is 1. The molecule has 5 heteroatoms. The largest absolute Gasteiger partial charge is 0.460 e. The van der Waals surface area contributed by atoms with Gasteiger partial charge in [0.25, 0.3) is 0 Å². The molecule has 0 spiro atoms. The van der Waals surface area contributed by atoms with Crippen LogP contribution in [0.3, 0.4) is 0 Å². The Morgan fingerprint density at radius 1 is 1.00 bits per heavy atom. The molecule has 0 bridgehead atoms. The lowest BCUT2D eigenvalue weighted by atomic mass is 10.2. The molecule has 0 aliphatic rings. The van der Waals surface area contributed by atoms with Crippen molar-refractivity contribution >= 4 is 11.8 Å². The maximum Gasteiger partial charge on any atom is 0.308 e. The van der Waals surface area contributed by atoms with Gasteiger partial charge in [0.15, 0.2) is 0 Å². The van der Waals surface area contributed by atoms with E-state index in [9.17, 15) is 9.59 Å². The standard InChI is InChI=1S/C15H24O5/c1-5-13(16)7-6-9-18-11-12-19-10-8-14(17)20-15(2,3)4/h1H,6-12H2,2-4H3. The van der Waals surface area contributed by atoms with Crippen molar-refractivity contribution in [2.75, 3.05) is 26.4 Å². The monoisotopic (exact) mass is 284 g/mol. The molecule has 0 aromatic heterocycles. The number of hydrogen-bond acceptors (Lipinski definition) is 5. The van der Waals surface area contributed by atoms with Gasteiger partial charge in [-0.2, -0.15) is 0 Å². The van der Waals surface area contributed by atoms with E-state index in [1.165, 1.54) is 0 Å². The highest BCUT2D eigenvalue weighted by molar-refractivity contribution is 5.94. The Bertz CT molecular complexity index is 335. The number of hydrogen-bond donors (Lipinski definition) is 0. The Hall–Kier alpha value is -1.38. The van der Waals surface area contributed by atoms with E-state index in [4.69, 9.17) is 20.6 Å². The van der Waals surface area contributed by atoms with Gasteiger partial charge in [0.1, 0.15) is 5.60 Å². The van der Waals surface area contributed by atoms with Crippen molar-refractivity contribution in [3.05, 3.63) is 0 Å². The first-order valence-corrected chi connectivity index (χ1v) is 6.72. The van der Waals surface area contributed by atoms with Crippen molar-refractivity contribution < 1.29 is 23.8 Å². The Kier molecular flexibility index (Phi) is 9.69. The normalized spacial score (nSPS) is 10.9. The third kappa shape index (κ3) is 13.1. The fourth-order valence-corrected chi connectivity index (χ4v) is 1.28. The minimum Gasteiger partial charge on any atom is -0.460 e. The smallest absolute Gasteiger partial charge is 0.308 e. The zero-order chi connectivity index (χ0) is 15.4. The summed E-state index contributed by atoms with van der Waals surface area (Å²) in [7, 11) is 0. The minimum atomic E-state index is -0.462. The number of Topliss-reactive ketones (excluding diaryl/α,β-unsaturated/α-hetero) is 1. The van der Waals surface area contributed by atoms with Gasteiger partial charge in [-0.3, -0.25) is 9.59 Å². The van der Waals surface area contributed by atoms with Gasteiger partial charge < -0.3 is 14.2 Å². The number of terminal acetylenes is 1. The van der Waals surface area contributed by atoms with Crippen LogP contribution in [-0.4, -0.2) is 43.8 Å². The van der Waals surface area contributed by atoms with Gasteiger partial charge >= 0.3 is 5.97 Å². The quantitative estimate of drug-likeness (QED) is 0.265. The molecule has 0 amide bonds. The van der Waals surface area contributed by atoms with E-state index in [1.807, 2.05) is 26.7 Å². The first-order valence-electron chi connectivity index (χ1n) is 6.72. The van der Waals surface area contributed by atoms with Crippen LogP contribution in [0.15, 0.2) is 0 Å². The average Bonchev–Trinajstić information content (AvgIpc) is 2.34. The van der Waals surface area contributed by atoms with Gasteiger partial charge in [0.05, 0.1) is 26.2 Å². The van der Waals surface area contributed by atoms with Crippen LogP contribution < -0.4 is 0 Å². The maximum absolute atomic E-state index is 11.3. The SMILES string of the molecule is C#CC(=O)CCCOCCOCCC(=O)OC(C)(C)C. The highest BCUT2D eigenvalue weighted by Gasteiger charge is 2.15. The second-order valence-electron chi connectivity index (χ2n) is 5.23. The third-order valence-corrected chi connectivity index (χ3v) is 2.10. The first kappa shape index (κ1) is 18.6. The van der Waals surface area contributed by atoms with E-state index in [2.05, 4.69) is 0 Å². The Morgan fingerprint density at radius 2 is 1.60 bits per heavy atom. The summed E-state index contributed by atoms with van der Waals surface area (Å²) in [5, 5.41) is 0. The lowest BCUT2D eigenvalue weighted by Gasteiger charge is -2.19. The molecule has 5 nitrogen and oxygen atoms in total. The predicted molar refractivity (Wildman–Crippen MR) is 75.2 cm³/mol. The third-order valence-electron chi connectivity index (χ3n) is 2.10. The van der Waals surface area contributed by atoms with E-state index >= 15 is 0 Å². The van der Waals surface area contributed by atoms with Crippen LogP contribution in [0.4, 0.5) is 0 Å². The van der Waals surface area contributed by atoms with Crippen molar-refractivity contribution in [3.8, 4) is 12.3 Å². The van der Waals surface area contributed by atoms with Crippen LogP contribution in [0.1, 0.15) is 40.0 Å². The number of carbonyl (C=O) groups excluding carboxylic acids is 2. The summed E-state index contributed by atoms with van der Waals surface area (Å²) in [5.41, 5.74) is -0.462. The molecule has 0 aliphatic heterocycles. The lowest BCUT2D eigenvalue weighted by Crippen LogP contribution is -2.24. The summed E-state index contributed by atoms with van der Waals surface area (Å²) in [5.74, 6) is 1.57. The second-order valence-corrected chi connectivity index (χ2v) is 5.23. The summed E-state index contributed by atoms with van der Waals surface area (Å²) in [6.45, 7) is 7.10. The predicted octanol–water partition coefficient (Wildman–Crippen LogP) is 1.73. The topological polar surface area (TPSA) is 61.8 Å². The number of ether oxygens (including phenoxy) is 3. The van der Waals surface area contributed by atoms with Gasteiger partial charge in [-0.25, -0.2) is 0 Å². The summed E-state index contributed by atoms with van der Waals surface area (Å²) in [6, 6.07) is 0. The van der Waals surface area contributed by atoms with Gasteiger partial charge in [0.2, 0.25) is 5.78 Å². The van der Waals surface area contributed by atoms with Crippen molar-refractivity contribution in [3.63, 3.8) is 0 Å². The number of ketones is 1. The van der Waals surface area contributed by atoms with Crippen LogP contribution >= 0.6 is 0 Å². The van der Waals surface area contributed by atoms with Gasteiger partial charge in [-0.1, -0.05) is 0 Å². The van der Waals surface area contributed by atoms with Crippen LogP contribution in [0.25, 0.3) is 0 Å². The molecule has 0 atom stereocenters. The molecule has 0 saturated carbocycles. The Labute approximate surface area is 121 Å². The molecule has 0 radical (unpaired) electrons. The molecule has 0 fully saturated rings. The minimum absolute atomic E-state index is 0.206. The number of rotatable bonds is 10. The molecule has 0 N–H and O–H groups in total. The van der Waals surface area contributed by atoms with Crippen molar-refractivity contribution in [1.29, 1.82) is 0 Å². The molecule has 0 unspecified atom stereocenters. The summed E-state index contributed by atoms with van der Waals surface area (Å²) >= 11 is 0. The van der Waals surface area contributed by atoms with E-state index in [1.54, 1.807) is 0 Å². The molecular formula is C15H24O5. The molecule has 0 rings (SSSR count). The van der Waals surface area contributed by atoms with Crippen molar-refractivity contribution in [2.45, 2.75) is 45.6 Å². The molecule has 0 aromatic rings. The molecule has 0 aromatic carbocycles. The van der Waals surface area contributed by atoms with Crippen LogP contribution in [-0.2, 0) is 23.8 Å². The zero-order valence-corrected chi connectivity index (χ0v) is 12.6. The summed E-state index contributed by atoms with van der Waals surface area (Å²) < 4.78 is 15.6. The Morgan fingerprint density at radius 3 is 2.15 bits per heavy atom. The molecule has 20 heavy (non-hydrogen) atoms. The Balaban J connectivity index is 3.31. The first-order chi connectivity index (χ1) is 9.35. The van der Waals surface area contributed by atoms with Crippen LogP contribution in [0.2, 0.25) is 0 Å². The van der Waals surface area contributed by atoms with Crippen LogP contribution in [0, 0.1) is 12.3 Å². The highest BCUT2D eigenvalue weighted by atomic mass is 16.6. The van der Waals surface area contributed by atoms with E-state index in [0.717, 1.165) is 0 Å². The fourth-order valence-electron chi connectivity index (χ4n) is 1.28. The molecular weight excluding hydrogens is 260 g/mol. The molecule has 114 valence electrons. The van der Waals surface area contributed by atoms with E-state index in [0.29, 0.717) is 39.3 Å². The fraction of sp³-hybridized carbons (Fsp3) is 0.733. The zero-order valence-electron chi connectivity index (χ0n) is 12.6. The number of carbonyl (C=O) groups is 2. The maximum atomic E-state index is 11.3. The molecule has 0 saturated heterocycles. The van der Waals surface area contributed by atoms with Gasteiger partial charge in [-0.05, 0) is 33.1 Å². The van der Waals surface area contributed by atoms with Crippen molar-refractivity contribution in [1.82, 2.24) is 0 Å². The lowest BCUT2D eigenvalue weighted by molar-refractivity contribution is -0.156. The second kappa shape index (κ2) is 10.4. The van der Waals surface area contributed by atoms with E-state index in [-0.39, 0.29) is 18.2 Å². The highest BCUT2D eigenvalue weighted by Crippen LogP contribution is 2.07.